The minimum absolute atomic E-state index is 0.0822. The van der Waals surface area contributed by atoms with Crippen molar-refractivity contribution < 1.29 is 9.53 Å². The van der Waals surface area contributed by atoms with E-state index >= 15 is 0 Å². The molecule has 3 heterocycles. The van der Waals surface area contributed by atoms with Crippen LogP contribution in [0.4, 0.5) is 5.69 Å². The van der Waals surface area contributed by atoms with Gasteiger partial charge in [0.15, 0.2) is 0 Å². The van der Waals surface area contributed by atoms with E-state index in [2.05, 4.69) is 14.7 Å². The first-order valence-corrected chi connectivity index (χ1v) is 10.1. The highest BCUT2D eigenvalue weighted by atomic mass is 16.6. The van der Waals surface area contributed by atoms with Gasteiger partial charge >= 0.3 is 5.97 Å². The third kappa shape index (κ3) is 5.64. The Kier molecular flexibility index (Phi) is 6.33. The molecular weight excluding hydrogens is 368 g/mol. The fourth-order valence-electron chi connectivity index (χ4n) is 3.72. The normalized spacial score (nSPS) is 15.9. The molecule has 1 aliphatic heterocycles. The molecule has 2 aromatic heterocycles. The first-order chi connectivity index (χ1) is 13.7. The van der Waals surface area contributed by atoms with Crippen LogP contribution < -0.4 is 5.56 Å². The van der Waals surface area contributed by atoms with E-state index in [1.165, 1.54) is 12.3 Å². The molecule has 0 amide bonds. The van der Waals surface area contributed by atoms with Gasteiger partial charge in [0.1, 0.15) is 5.60 Å². The molecule has 0 aliphatic carbocycles. The molecular formula is C22H28N4O3. The molecule has 29 heavy (non-hydrogen) atoms. The van der Waals surface area contributed by atoms with E-state index in [9.17, 15) is 9.59 Å². The van der Waals surface area contributed by atoms with Gasteiger partial charge in [0.2, 0.25) is 5.69 Å². The number of likely N-dealkylation sites (tertiary alicyclic amines) is 1. The summed E-state index contributed by atoms with van der Waals surface area (Å²) in [5, 5.41) is 0. The SMILES string of the molecule is [C-]#[N+]c1cnc2ccc(=O)n(CCN3CCC(CC(=O)OC(C)(C)C)CC3)c2c1. The van der Waals surface area contributed by atoms with Gasteiger partial charge in [-0.2, -0.15) is 0 Å². The van der Waals surface area contributed by atoms with Gasteiger partial charge in [0.05, 0.1) is 17.6 Å². The zero-order chi connectivity index (χ0) is 21.0. The molecule has 0 bridgehead atoms. The quantitative estimate of drug-likeness (QED) is 0.572. The van der Waals surface area contributed by atoms with Gasteiger partial charge in [-0.05, 0) is 64.8 Å². The van der Waals surface area contributed by atoms with Gasteiger partial charge in [-0.15, -0.1) is 0 Å². The zero-order valence-electron chi connectivity index (χ0n) is 17.4. The lowest BCUT2D eigenvalue weighted by atomic mass is 9.93. The number of fused-ring (bicyclic) bond motifs is 1. The van der Waals surface area contributed by atoms with Crippen LogP contribution in [-0.2, 0) is 16.1 Å². The molecule has 1 fully saturated rings. The first-order valence-electron chi connectivity index (χ1n) is 10.1. The number of hydrogen-bond acceptors (Lipinski definition) is 5. The fraction of sp³-hybridized carbons (Fsp3) is 0.545. The third-order valence-corrected chi connectivity index (χ3v) is 5.17. The number of esters is 1. The van der Waals surface area contributed by atoms with Crippen LogP contribution in [0.1, 0.15) is 40.0 Å². The number of ether oxygens (including phenoxy) is 1. The molecule has 7 heteroatoms. The van der Waals surface area contributed by atoms with Crippen molar-refractivity contribution in [1.29, 1.82) is 0 Å². The highest BCUT2D eigenvalue weighted by molar-refractivity contribution is 5.78. The van der Waals surface area contributed by atoms with E-state index in [0.29, 0.717) is 35.6 Å². The molecule has 7 nitrogen and oxygen atoms in total. The smallest absolute Gasteiger partial charge is 0.306 e. The molecule has 0 radical (unpaired) electrons. The van der Waals surface area contributed by atoms with Crippen LogP contribution >= 0.6 is 0 Å². The van der Waals surface area contributed by atoms with Crippen molar-refractivity contribution in [2.24, 2.45) is 5.92 Å². The molecule has 0 N–H and O–H groups in total. The summed E-state index contributed by atoms with van der Waals surface area (Å²) in [5.74, 6) is 0.230. The zero-order valence-corrected chi connectivity index (χ0v) is 17.4. The number of aromatic nitrogens is 2. The predicted octanol–water partition coefficient (Wildman–Crippen LogP) is 3.39. The van der Waals surface area contributed by atoms with E-state index < -0.39 is 5.60 Å². The second-order valence-corrected chi connectivity index (χ2v) is 8.61. The van der Waals surface area contributed by atoms with Gasteiger partial charge in [-0.3, -0.25) is 14.6 Å². The number of pyridine rings is 2. The Morgan fingerprint density at radius 2 is 2.00 bits per heavy atom. The van der Waals surface area contributed by atoms with Gasteiger partial charge in [-0.25, -0.2) is 4.85 Å². The maximum absolute atomic E-state index is 12.4. The summed E-state index contributed by atoms with van der Waals surface area (Å²) in [5.41, 5.74) is 1.32. The van der Waals surface area contributed by atoms with E-state index in [-0.39, 0.29) is 11.5 Å². The summed E-state index contributed by atoms with van der Waals surface area (Å²) < 4.78 is 7.13. The largest absolute Gasteiger partial charge is 0.460 e. The van der Waals surface area contributed by atoms with Crippen molar-refractivity contribution in [1.82, 2.24) is 14.5 Å². The number of rotatable bonds is 5. The van der Waals surface area contributed by atoms with E-state index in [4.69, 9.17) is 11.3 Å². The average Bonchev–Trinajstić information content (AvgIpc) is 2.66. The Bertz CT molecular complexity index is 976. The Labute approximate surface area is 171 Å². The van der Waals surface area contributed by atoms with E-state index in [0.717, 1.165) is 32.5 Å². The second-order valence-electron chi connectivity index (χ2n) is 8.61. The second kappa shape index (κ2) is 8.75. The monoisotopic (exact) mass is 396 g/mol. The topological polar surface area (TPSA) is 68.8 Å². The van der Waals surface area contributed by atoms with Crippen LogP contribution in [0.2, 0.25) is 0 Å². The van der Waals surface area contributed by atoms with Crippen LogP contribution in [0.15, 0.2) is 29.2 Å². The van der Waals surface area contributed by atoms with Crippen LogP contribution in [0.3, 0.4) is 0 Å². The van der Waals surface area contributed by atoms with Crippen molar-refractivity contribution in [3.05, 3.63) is 46.2 Å². The average molecular weight is 396 g/mol. The lowest BCUT2D eigenvalue weighted by Crippen LogP contribution is -2.38. The summed E-state index contributed by atoms with van der Waals surface area (Å²) in [7, 11) is 0. The van der Waals surface area contributed by atoms with Crippen LogP contribution in [-0.4, -0.2) is 45.7 Å². The lowest BCUT2D eigenvalue weighted by molar-refractivity contribution is -0.156. The molecule has 0 saturated carbocycles. The summed E-state index contributed by atoms with van der Waals surface area (Å²) in [6.07, 6.45) is 3.90. The van der Waals surface area contributed by atoms with Crippen molar-refractivity contribution in [3.8, 4) is 0 Å². The summed E-state index contributed by atoms with van der Waals surface area (Å²) in [4.78, 5) is 34.4. The van der Waals surface area contributed by atoms with Gasteiger partial charge in [-0.1, -0.05) is 0 Å². The highest BCUT2D eigenvalue weighted by Gasteiger charge is 2.24. The number of carbonyl (C=O) groups excluding carboxylic acids is 1. The first kappa shape index (κ1) is 21.0. The van der Waals surface area contributed by atoms with Crippen LogP contribution in [0, 0.1) is 12.5 Å². The minimum atomic E-state index is -0.439. The van der Waals surface area contributed by atoms with Gasteiger partial charge in [0.25, 0.3) is 5.56 Å². The molecule has 1 aliphatic rings. The lowest BCUT2D eigenvalue weighted by Gasteiger charge is -2.32. The molecule has 0 aromatic carbocycles. The Hall–Kier alpha value is -2.72. The molecule has 0 spiro atoms. The Morgan fingerprint density at radius 1 is 1.28 bits per heavy atom. The number of nitrogens with zero attached hydrogens (tertiary/aromatic N) is 4. The standard InChI is InChI=1S/C22H28N4O3/c1-22(2,3)29-21(28)13-16-7-9-25(10-8-16)11-12-26-19-14-17(23-4)15-24-18(19)5-6-20(26)27/h5-6,14-16H,7-13H2,1-3H3. The van der Waals surface area contributed by atoms with Gasteiger partial charge < -0.3 is 14.2 Å². The Balaban J connectivity index is 1.57. The van der Waals surface area contributed by atoms with Gasteiger partial charge in [0, 0.05) is 31.8 Å². The Morgan fingerprint density at radius 3 is 2.66 bits per heavy atom. The van der Waals surface area contributed by atoms with Crippen LogP contribution in [0.5, 0.6) is 0 Å². The summed E-state index contributed by atoms with van der Waals surface area (Å²) in [6, 6.07) is 4.95. The van der Waals surface area contributed by atoms with Crippen LogP contribution in [0.25, 0.3) is 15.9 Å². The van der Waals surface area contributed by atoms with Crippen molar-refractivity contribution in [2.45, 2.75) is 52.2 Å². The van der Waals surface area contributed by atoms with Crippen molar-refractivity contribution in [3.63, 3.8) is 0 Å². The molecule has 3 rings (SSSR count). The van der Waals surface area contributed by atoms with E-state index in [1.54, 1.807) is 16.7 Å². The molecule has 0 unspecified atom stereocenters. The summed E-state index contributed by atoms with van der Waals surface area (Å²) >= 11 is 0. The van der Waals surface area contributed by atoms with Crippen molar-refractivity contribution >= 4 is 22.7 Å². The predicted molar refractivity (Wildman–Crippen MR) is 112 cm³/mol. The third-order valence-electron chi connectivity index (χ3n) is 5.17. The molecule has 0 atom stereocenters. The minimum Gasteiger partial charge on any atom is -0.460 e. The van der Waals surface area contributed by atoms with E-state index in [1.807, 2.05) is 20.8 Å². The fourth-order valence-corrected chi connectivity index (χ4v) is 3.72. The van der Waals surface area contributed by atoms with Crippen molar-refractivity contribution in [2.75, 3.05) is 19.6 Å². The molecule has 2 aromatic rings. The maximum atomic E-state index is 12.4. The maximum Gasteiger partial charge on any atom is 0.306 e. The number of hydrogen-bond donors (Lipinski definition) is 0. The molecule has 1 saturated heterocycles. The molecule has 154 valence electrons. The highest BCUT2D eigenvalue weighted by Crippen LogP contribution is 2.23. The summed E-state index contributed by atoms with van der Waals surface area (Å²) in [6.45, 7) is 15.9. The number of carbonyl (C=O) groups is 1. The number of piperidine rings is 1.